The summed E-state index contributed by atoms with van der Waals surface area (Å²) in [7, 11) is 1.92. The fourth-order valence-corrected chi connectivity index (χ4v) is 2.51. The van der Waals surface area contributed by atoms with Gasteiger partial charge in [0.15, 0.2) is 0 Å². The van der Waals surface area contributed by atoms with E-state index in [1.54, 1.807) is 0 Å². The Bertz CT molecular complexity index is 386. The van der Waals surface area contributed by atoms with Crippen LogP contribution in [0.1, 0.15) is 5.69 Å². The summed E-state index contributed by atoms with van der Waals surface area (Å²) < 4.78 is 2.87. The fourth-order valence-electron chi connectivity index (χ4n) is 1.71. The molecule has 0 radical (unpaired) electrons. The molecule has 1 atom stereocenters. The first-order valence-corrected chi connectivity index (χ1v) is 6.10. The Morgan fingerprint density at radius 2 is 2.53 bits per heavy atom. The first-order chi connectivity index (χ1) is 7.15. The van der Waals surface area contributed by atoms with Crippen molar-refractivity contribution >= 4 is 27.5 Å². The van der Waals surface area contributed by atoms with E-state index in [1.807, 2.05) is 17.9 Å². The SMILES string of the molecule is Cn1cc(Br)c(CC2=CC(Cl)CNC2)n1. The zero-order valence-corrected chi connectivity index (χ0v) is 10.8. The van der Waals surface area contributed by atoms with Crippen LogP contribution in [0.5, 0.6) is 0 Å². The molecule has 5 heteroatoms. The second-order valence-electron chi connectivity index (χ2n) is 3.75. The highest BCUT2D eigenvalue weighted by Gasteiger charge is 2.13. The van der Waals surface area contributed by atoms with Gasteiger partial charge < -0.3 is 5.32 Å². The summed E-state index contributed by atoms with van der Waals surface area (Å²) >= 11 is 9.54. The van der Waals surface area contributed by atoms with Crippen molar-refractivity contribution in [2.45, 2.75) is 11.8 Å². The van der Waals surface area contributed by atoms with E-state index in [2.05, 4.69) is 32.4 Å². The Hall–Kier alpha value is -0.320. The number of rotatable bonds is 2. The first kappa shape index (κ1) is 11.2. The number of aromatic nitrogens is 2. The van der Waals surface area contributed by atoms with Gasteiger partial charge in [0.25, 0.3) is 0 Å². The minimum atomic E-state index is 0.108. The Morgan fingerprint density at radius 1 is 1.73 bits per heavy atom. The van der Waals surface area contributed by atoms with Crippen LogP contribution in [0, 0.1) is 0 Å². The highest BCUT2D eigenvalue weighted by atomic mass is 79.9. The van der Waals surface area contributed by atoms with Crippen LogP contribution >= 0.6 is 27.5 Å². The molecule has 82 valence electrons. The van der Waals surface area contributed by atoms with Gasteiger partial charge in [-0.2, -0.15) is 5.10 Å². The van der Waals surface area contributed by atoms with Gasteiger partial charge in [-0.05, 0) is 15.9 Å². The minimum absolute atomic E-state index is 0.108. The van der Waals surface area contributed by atoms with Crippen molar-refractivity contribution in [3.8, 4) is 0 Å². The third-order valence-electron chi connectivity index (χ3n) is 2.36. The largest absolute Gasteiger partial charge is 0.311 e. The molecule has 1 aliphatic rings. The molecule has 0 bridgehead atoms. The van der Waals surface area contributed by atoms with Gasteiger partial charge in [-0.15, -0.1) is 11.6 Å². The standard InChI is InChI=1S/C10H13BrClN3/c1-15-6-9(11)10(14-15)3-7-2-8(12)5-13-4-7/h2,6,8,13H,3-5H2,1H3. The summed E-state index contributed by atoms with van der Waals surface area (Å²) in [6.07, 6.45) is 4.95. The van der Waals surface area contributed by atoms with Gasteiger partial charge in [0, 0.05) is 32.8 Å². The van der Waals surface area contributed by atoms with Crippen molar-refractivity contribution in [1.29, 1.82) is 0 Å². The lowest BCUT2D eigenvalue weighted by atomic mass is 10.1. The van der Waals surface area contributed by atoms with E-state index in [4.69, 9.17) is 11.6 Å². The van der Waals surface area contributed by atoms with Crippen molar-refractivity contribution in [3.05, 3.63) is 28.0 Å². The average Bonchev–Trinajstić information content (AvgIpc) is 2.45. The molecule has 0 saturated carbocycles. The Kier molecular flexibility index (Phi) is 3.49. The van der Waals surface area contributed by atoms with Crippen molar-refractivity contribution < 1.29 is 0 Å². The predicted molar refractivity (Wildman–Crippen MR) is 65.2 cm³/mol. The van der Waals surface area contributed by atoms with E-state index in [9.17, 15) is 0 Å². The van der Waals surface area contributed by atoms with E-state index in [0.29, 0.717) is 0 Å². The van der Waals surface area contributed by atoms with Crippen LogP contribution in [-0.4, -0.2) is 28.2 Å². The van der Waals surface area contributed by atoms with Crippen LogP contribution in [0.2, 0.25) is 0 Å². The molecule has 1 aromatic heterocycles. The molecule has 0 saturated heterocycles. The second kappa shape index (κ2) is 4.68. The van der Waals surface area contributed by atoms with Crippen molar-refractivity contribution in [2.24, 2.45) is 7.05 Å². The fraction of sp³-hybridized carbons (Fsp3) is 0.500. The van der Waals surface area contributed by atoms with Crippen LogP contribution in [0.25, 0.3) is 0 Å². The molecule has 1 aromatic rings. The molecule has 0 aromatic carbocycles. The number of halogens is 2. The van der Waals surface area contributed by atoms with Crippen LogP contribution in [0.4, 0.5) is 0 Å². The topological polar surface area (TPSA) is 29.9 Å². The highest BCUT2D eigenvalue weighted by Crippen LogP contribution is 2.19. The Balaban J connectivity index is 2.11. The second-order valence-corrected chi connectivity index (χ2v) is 5.16. The maximum Gasteiger partial charge on any atom is 0.0807 e. The van der Waals surface area contributed by atoms with Crippen LogP contribution in [0.15, 0.2) is 22.3 Å². The van der Waals surface area contributed by atoms with Gasteiger partial charge in [-0.25, -0.2) is 0 Å². The predicted octanol–water partition coefficient (Wildman–Crippen LogP) is 1.86. The lowest BCUT2D eigenvalue weighted by Crippen LogP contribution is -2.30. The molecule has 2 heterocycles. The summed E-state index contributed by atoms with van der Waals surface area (Å²) in [5.74, 6) is 0. The van der Waals surface area contributed by atoms with Crippen LogP contribution < -0.4 is 5.32 Å². The number of alkyl halides is 1. The summed E-state index contributed by atoms with van der Waals surface area (Å²) in [6.45, 7) is 1.76. The Morgan fingerprint density at radius 3 is 3.13 bits per heavy atom. The number of nitrogens with zero attached hydrogens (tertiary/aromatic N) is 2. The maximum absolute atomic E-state index is 6.05. The van der Waals surface area contributed by atoms with Crippen molar-refractivity contribution in [2.75, 3.05) is 13.1 Å². The minimum Gasteiger partial charge on any atom is -0.311 e. The van der Waals surface area contributed by atoms with Gasteiger partial charge in [-0.1, -0.05) is 11.6 Å². The number of aryl methyl sites for hydroxylation is 1. The number of hydrogen-bond acceptors (Lipinski definition) is 2. The summed E-state index contributed by atoms with van der Waals surface area (Å²) in [5, 5.41) is 7.78. The van der Waals surface area contributed by atoms with Crippen LogP contribution in [0.3, 0.4) is 0 Å². The zero-order chi connectivity index (χ0) is 10.8. The van der Waals surface area contributed by atoms with Crippen LogP contribution in [-0.2, 0) is 13.5 Å². The molecule has 1 unspecified atom stereocenters. The third-order valence-corrected chi connectivity index (χ3v) is 3.30. The quantitative estimate of drug-likeness (QED) is 0.665. The molecule has 0 amide bonds. The molecule has 0 spiro atoms. The van der Waals surface area contributed by atoms with Gasteiger partial charge in [0.1, 0.15) is 0 Å². The number of nitrogens with one attached hydrogen (secondary N) is 1. The highest BCUT2D eigenvalue weighted by molar-refractivity contribution is 9.10. The smallest absolute Gasteiger partial charge is 0.0807 e. The van der Waals surface area contributed by atoms with E-state index in [1.165, 1.54) is 5.57 Å². The number of hydrogen-bond donors (Lipinski definition) is 1. The molecule has 2 rings (SSSR count). The lowest BCUT2D eigenvalue weighted by Gasteiger charge is -2.17. The normalized spacial score (nSPS) is 21.5. The average molecular weight is 291 g/mol. The first-order valence-electron chi connectivity index (χ1n) is 4.87. The van der Waals surface area contributed by atoms with Crippen molar-refractivity contribution in [1.82, 2.24) is 15.1 Å². The van der Waals surface area contributed by atoms with Gasteiger partial charge in [0.05, 0.1) is 15.5 Å². The molecule has 1 N–H and O–H groups in total. The van der Waals surface area contributed by atoms with E-state index in [0.717, 1.165) is 29.7 Å². The molecule has 15 heavy (non-hydrogen) atoms. The summed E-state index contributed by atoms with van der Waals surface area (Å²) in [4.78, 5) is 0. The molecule has 0 aliphatic carbocycles. The van der Waals surface area contributed by atoms with Gasteiger partial charge in [0.2, 0.25) is 0 Å². The summed E-state index contributed by atoms with van der Waals surface area (Å²) in [6, 6.07) is 0. The molecule has 1 aliphatic heterocycles. The van der Waals surface area contributed by atoms with Gasteiger partial charge in [-0.3, -0.25) is 4.68 Å². The molecule has 0 fully saturated rings. The van der Waals surface area contributed by atoms with E-state index in [-0.39, 0.29) is 5.38 Å². The van der Waals surface area contributed by atoms with E-state index >= 15 is 0 Å². The lowest BCUT2D eigenvalue weighted by molar-refractivity contribution is 0.685. The van der Waals surface area contributed by atoms with E-state index < -0.39 is 0 Å². The molecular weight excluding hydrogens is 277 g/mol. The zero-order valence-electron chi connectivity index (χ0n) is 8.50. The van der Waals surface area contributed by atoms with Gasteiger partial charge >= 0.3 is 0 Å². The summed E-state index contributed by atoms with van der Waals surface area (Å²) in [5.41, 5.74) is 2.37. The third kappa shape index (κ3) is 2.83. The molecule has 3 nitrogen and oxygen atoms in total. The Labute approximate surface area is 103 Å². The monoisotopic (exact) mass is 289 g/mol. The maximum atomic E-state index is 6.05. The van der Waals surface area contributed by atoms with Crippen molar-refractivity contribution in [3.63, 3.8) is 0 Å². The molecular formula is C10H13BrClN3.